The van der Waals surface area contributed by atoms with E-state index >= 15 is 0 Å². The fourth-order valence-electron chi connectivity index (χ4n) is 3.26. The molecule has 1 aliphatic heterocycles. The zero-order valence-corrected chi connectivity index (χ0v) is 14.8. The van der Waals surface area contributed by atoms with Crippen molar-refractivity contribution in [2.45, 2.75) is 39.3 Å². The Morgan fingerprint density at radius 1 is 1.22 bits per heavy atom. The summed E-state index contributed by atoms with van der Waals surface area (Å²) in [5.41, 5.74) is 0. The molecule has 4 nitrogen and oxygen atoms in total. The lowest BCUT2D eigenvalue weighted by molar-refractivity contribution is -0.0172. The van der Waals surface area contributed by atoms with E-state index in [1.54, 1.807) is 23.7 Å². The molecule has 1 fully saturated rings. The molecular weight excluding hydrogens is 306 g/mol. The van der Waals surface area contributed by atoms with Gasteiger partial charge in [0, 0.05) is 43.5 Å². The minimum absolute atomic E-state index is 0.385. The van der Waals surface area contributed by atoms with E-state index in [2.05, 4.69) is 40.8 Å². The highest BCUT2D eigenvalue weighted by atomic mass is 32.1. The molecule has 23 heavy (non-hydrogen) atoms. The van der Waals surface area contributed by atoms with Gasteiger partial charge in [-0.1, -0.05) is 13.3 Å². The molecule has 1 saturated heterocycles. The molecule has 0 aromatic carbocycles. The Bertz CT molecular complexity index is 601. The molecule has 2 unspecified atom stereocenters. The van der Waals surface area contributed by atoms with Crippen LogP contribution in [0, 0.1) is 5.92 Å². The summed E-state index contributed by atoms with van der Waals surface area (Å²) in [7, 11) is 0. The first-order valence-corrected chi connectivity index (χ1v) is 9.30. The predicted molar refractivity (Wildman–Crippen MR) is 94.4 cm³/mol. The maximum Gasteiger partial charge on any atom is 0.169 e. The Hall–Kier alpha value is -1.30. The Labute approximate surface area is 142 Å². The second-order valence-electron chi connectivity index (χ2n) is 6.12. The molecule has 5 heteroatoms. The number of likely N-dealkylation sites (tertiary alicyclic amines) is 1. The van der Waals surface area contributed by atoms with E-state index in [0.29, 0.717) is 6.10 Å². The quantitative estimate of drug-likeness (QED) is 0.806. The normalized spacial score (nSPS) is 22.3. The first-order chi connectivity index (χ1) is 11.3. The number of aromatic nitrogens is 2. The van der Waals surface area contributed by atoms with Gasteiger partial charge in [0.25, 0.3) is 0 Å². The molecule has 2 atom stereocenters. The summed E-state index contributed by atoms with van der Waals surface area (Å²) >= 11 is 1.80. The predicted octanol–water partition coefficient (Wildman–Crippen LogP) is 3.84. The van der Waals surface area contributed by atoms with Crippen molar-refractivity contribution in [3.63, 3.8) is 0 Å². The monoisotopic (exact) mass is 331 g/mol. The summed E-state index contributed by atoms with van der Waals surface area (Å²) in [5.74, 6) is 1.57. The highest BCUT2D eigenvalue weighted by Gasteiger charge is 2.26. The van der Waals surface area contributed by atoms with Crippen LogP contribution in [0.5, 0.6) is 0 Å². The van der Waals surface area contributed by atoms with E-state index in [9.17, 15) is 0 Å². The summed E-state index contributed by atoms with van der Waals surface area (Å²) in [6.45, 7) is 8.40. The van der Waals surface area contributed by atoms with Crippen molar-refractivity contribution < 1.29 is 4.74 Å². The lowest BCUT2D eigenvalue weighted by Crippen LogP contribution is -2.43. The highest BCUT2D eigenvalue weighted by Crippen LogP contribution is 2.28. The van der Waals surface area contributed by atoms with Gasteiger partial charge in [-0.2, -0.15) is 0 Å². The van der Waals surface area contributed by atoms with Crippen LogP contribution < -0.4 is 0 Å². The molecule has 0 aliphatic carbocycles. The summed E-state index contributed by atoms with van der Waals surface area (Å²) in [6, 6.07) is 6.20. The number of ether oxygens (including phenoxy) is 1. The third kappa shape index (κ3) is 4.37. The fraction of sp³-hybridized carbons (Fsp3) is 0.556. The molecule has 0 radical (unpaired) electrons. The topological polar surface area (TPSA) is 38.2 Å². The third-order valence-corrected chi connectivity index (χ3v) is 5.45. The summed E-state index contributed by atoms with van der Waals surface area (Å²) in [5, 5.41) is 0. The van der Waals surface area contributed by atoms with Crippen LogP contribution in [-0.4, -0.2) is 40.7 Å². The molecule has 3 rings (SSSR count). The molecule has 2 aromatic heterocycles. The van der Waals surface area contributed by atoms with Crippen LogP contribution in [-0.2, 0) is 11.3 Å². The average molecular weight is 331 g/mol. The molecule has 0 amide bonds. The van der Waals surface area contributed by atoms with Crippen molar-refractivity contribution in [1.29, 1.82) is 0 Å². The van der Waals surface area contributed by atoms with Crippen LogP contribution in [0.1, 0.15) is 31.6 Å². The second kappa shape index (κ2) is 7.99. The van der Waals surface area contributed by atoms with Gasteiger partial charge in [0.1, 0.15) is 0 Å². The standard InChI is InChI=1S/C18H25N3OS/c1-3-14-10-15(22-4-2)12-21(11-14)13-16-6-7-17(23-16)18-19-8-5-9-20-18/h5-9,14-15H,3-4,10-13H2,1-2H3. The lowest BCUT2D eigenvalue weighted by atomic mass is 9.93. The Balaban J connectivity index is 1.65. The first-order valence-electron chi connectivity index (χ1n) is 8.48. The number of piperidine rings is 1. The molecule has 3 heterocycles. The molecular formula is C18H25N3OS. The average Bonchev–Trinajstić information content (AvgIpc) is 3.04. The molecule has 0 bridgehead atoms. The van der Waals surface area contributed by atoms with Gasteiger partial charge in [-0.3, -0.25) is 4.90 Å². The van der Waals surface area contributed by atoms with Crippen molar-refractivity contribution in [2.24, 2.45) is 5.92 Å². The number of rotatable bonds is 6. The summed E-state index contributed by atoms with van der Waals surface area (Å²) in [4.78, 5) is 13.7. The maximum atomic E-state index is 5.90. The molecule has 124 valence electrons. The molecule has 0 N–H and O–H groups in total. The van der Waals surface area contributed by atoms with Crippen LogP contribution >= 0.6 is 11.3 Å². The first kappa shape index (κ1) is 16.6. The number of hydrogen-bond donors (Lipinski definition) is 0. The maximum absolute atomic E-state index is 5.90. The number of hydrogen-bond acceptors (Lipinski definition) is 5. The van der Waals surface area contributed by atoms with Crippen LogP contribution in [0.2, 0.25) is 0 Å². The third-order valence-electron chi connectivity index (χ3n) is 4.38. The zero-order chi connectivity index (χ0) is 16.1. The Morgan fingerprint density at radius 3 is 2.78 bits per heavy atom. The van der Waals surface area contributed by atoms with Crippen molar-refractivity contribution in [2.75, 3.05) is 19.7 Å². The van der Waals surface area contributed by atoms with E-state index in [1.807, 2.05) is 6.07 Å². The lowest BCUT2D eigenvalue weighted by Gasteiger charge is -2.37. The van der Waals surface area contributed by atoms with Crippen molar-refractivity contribution in [1.82, 2.24) is 14.9 Å². The molecule has 0 saturated carbocycles. The summed E-state index contributed by atoms with van der Waals surface area (Å²) in [6.07, 6.45) is 6.41. The molecule has 1 aliphatic rings. The van der Waals surface area contributed by atoms with Gasteiger partial charge >= 0.3 is 0 Å². The summed E-state index contributed by atoms with van der Waals surface area (Å²) < 4.78 is 5.90. The Morgan fingerprint density at radius 2 is 2.04 bits per heavy atom. The molecule has 2 aromatic rings. The van der Waals surface area contributed by atoms with E-state index in [4.69, 9.17) is 4.74 Å². The van der Waals surface area contributed by atoms with E-state index in [-0.39, 0.29) is 0 Å². The highest BCUT2D eigenvalue weighted by molar-refractivity contribution is 7.15. The van der Waals surface area contributed by atoms with Gasteiger partial charge in [-0.15, -0.1) is 11.3 Å². The Kier molecular flexibility index (Phi) is 5.75. The van der Waals surface area contributed by atoms with Crippen molar-refractivity contribution in [3.8, 4) is 10.7 Å². The van der Waals surface area contributed by atoms with Gasteiger partial charge in [-0.25, -0.2) is 9.97 Å². The van der Waals surface area contributed by atoms with Crippen LogP contribution in [0.4, 0.5) is 0 Å². The van der Waals surface area contributed by atoms with Gasteiger partial charge in [0.15, 0.2) is 5.82 Å². The number of nitrogens with zero attached hydrogens (tertiary/aromatic N) is 3. The van der Waals surface area contributed by atoms with Crippen LogP contribution in [0.25, 0.3) is 10.7 Å². The van der Waals surface area contributed by atoms with Crippen molar-refractivity contribution in [3.05, 3.63) is 35.5 Å². The second-order valence-corrected chi connectivity index (χ2v) is 7.29. The van der Waals surface area contributed by atoms with E-state index < -0.39 is 0 Å². The zero-order valence-electron chi connectivity index (χ0n) is 13.9. The number of thiophene rings is 1. The molecule has 0 spiro atoms. The van der Waals surface area contributed by atoms with E-state index in [0.717, 1.165) is 36.3 Å². The minimum atomic E-state index is 0.385. The largest absolute Gasteiger partial charge is 0.377 e. The van der Waals surface area contributed by atoms with Gasteiger partial charge in [0.2, 0.25) is 0 Å². The smallest absolute Gasteiger partial charge is 0.169 e. The van der Waals surface area contributed by atoms with Gasteiger partial charge in [0.05, 0.1) is 11.0 Å². The van der Waals surface area contributed by atoms with Crippen molar-refractivity contribution >= 4 is 11.3 Å². The minimum Gasteiger partial charge on any atom is -0.377 e. The van der Waals surface area contributed by atoms with Crippen LogP contribution in [0.3, 0.4) is 0 Å². The van der Waals surface area contributed by atoms with Gasteiger partial charge < -0.3 is 4.74 Å². The van der Waals surface area contributed by atoms with Crippen LogP contribution in [0.15, 0.2) is 30.6 Å². The fourth-order valence-corrected chi connectivity index (χ4v) is 4.26. The SMILES string of the molecule is CCOC1CC(CC)CN(Cc2ccc(-c3ncccn3)s2)C1. The van der Waals surface area contributed by atoms with E-state index in [1.165, 1.54) is 24.3 Å². The van der Waals surface area contributed by atoms with Gasteiger partial charge in [-0.05, 0) is 37.5 Å².